The number of pyridine rings is 1. The number of rotatable bonds is 4. The fourth-order valence-corrected chi connectivity index (χ4v) is 2.67. The minimum Gasteiger partial charge on any atom is -0.368 e. The molecule has 5 heteroatoms. The zero-order valence-electron chi connectivity index (χ0n) is 12.6. The van der Waals surface area contributed by atoms with Crippen molar-refractivity contribution in [3.63, 3.8) is 0 Å². The van der Waals surface area contributed by atoms with Crippen LogP contribution in [-0.4, -0.2) is 61.1 Å². The maximum absolute atomic E-state index is 8.89. The summed E-state index contributed by atoms with van der Waals surface area (Å²) < 4.78 is 0. The van der Waals surface area contributed by atoms with Crippen LogP contribution in [0.2, 0.25) is 0 Å². The Labute approximate surface area is 121 Å². The number of hydrogen-bond donors (Lipinski definition) is 1. The highest BCUT2D eigenvalue weighted by molar-refractivity contribution is 5.38. The van der Waals surface area contributed by atoms with Crippen LogP contribution in [0.4, 0.5) is 5.82 Å². The standard InChI is InChI=1S/C15H23N5/c1-19(2)15(7-9-20(3)10-8-15)12-17-14-6-4-5-13(11-16)18-14/h4-6H,7-10,12H2,1-3H3,(H,17,18). The smallest absolute Gasteiger partial charge is 0.142 e. The summed E-state index contributed by atoms with van der Waals surface area (Å²) in [6, 6.07) is 7.58. The molecule has 0 amide bonds. The molecule has 1 saturated heterocycles. The first kappa shape index (κ1) is 14.8. The summed E-state index contributed by atoms with van der Waals surface area (Å²) in [7, 11) is 6.46. The Hall–Kier alpha value is -1.64. The summed E-state index contributed by atoms with van der Waals surface area (Å²) in [5.74, 6) is 0.782. The van der Waals surface area contributed by atoms with Gasteiger partial charge in [-0.25, -0.2) is 4.98 Å². The van der Waals surface area contributed by atoms with Crippen molar-refractivity contribution in [3.05, 3.63) is 23.9 Å². The summed E-state index contributed by atoms with van der Waals surface area (Å²) in [4.78, 5) is 8.97. The predicted octanol–water partition coefficient (Wildman–Crippen LogP) is 1.39. The van der Waals surface area contributed by atoms with Crippen molar-refractivity contribution in [1.82, 2.24) is 14.8 Å². The molecule has 0 saturated carbocycles. The molecule has 2 rings (SSSR count). The largest absolute Gasteiger partial charge is 0.368 e. The van der Waals surface area contributed by atoms with Crippen molar-refractivity contribution in [2.75, 3.05) is 46.1 Å². The van der Waals surface area contributed by atoms with Crippen molar-refractivity contribution in [1.29, 1.82) is 5.26 Å². The summed E-state index contributed by atoms with van der Waals surface area (Å²) in [5.41, 5.74) is 0.619. The fourth-order valence-electron chi connectivity index (χ4n) is 2.67. The SMILES string of the molecule is CN1CCC(CNc2cccc(C#N)n2)(N(C)C)CC1. The quantitative estimate of drug-likeness (QED) is 0.898. The minimum absolute atomic E-state index is 0.164. The van der Waals surface area contributed by atoms with E-state index in [9.17, 15) is 0 Å². The van der Waals surface area contributed by atoms with Crippen molar-refractivity contribution < 1.29 is 0 Å². The molecule has 1 N–H and O–H groups in total. The van der Waals surface area contributed by atoms with Gasteiger partial charge in [0.15, 0.2) is 0 Å². The van der Waals surface area contributed by atoms with Gasteiger partial charge in [0.05, 0.1) is 0 Å². The summed E-state index contributed by atoms with van der Waals surface area (Å²) in [6.45, 7) is 3.09. The molecule has 1 aromatic heterocycles. The van der Waals surface area contributed by atoms with Crippen LogP contribution in [0.25, 0.3) is 0 Å². The van der Waals surface area contributed by atoms with Crippen molar-refractivity contribution in [3.8, 4) is 6.07 Å². The number of hydrogen-bond acceptors (Lipinski definition) is 5. The van der Waals surface area contributed by atoms with E-state index < -0.39 is 0 Å². The minimum atomic E-state index is 0.164. The molecule has 0 unspecified atom stereocenters. The van der Waals surface area contributed by atoms with Gasteiger partial charge >= 0.3 is 0 Å². The highest BCUT2D eigenvalue weighted by Gasteiger charge is 2.35. The number of anilines is 1. The van der Waals surface area contributed by atoms with Gasteiger partial charge in [-0.2, -0.15) is 5.26 Å². The van der Waals surface area contributed by atoms with Gasteiger partial charge in [0.2, 0.25) is 0 Å². The van der Waals surface area contributed by atoms with E-state index in [0.29, 0.717) is 5.69 Å². The topological polar surface area (TPSA) is 55.2 Å². The second-order valence-electron chi connectivity index (χ2n) is 5.80. The van der Waals surface area contributed by atoms with Crippen molar-refractivity contribution in [2.24, 2.45) is 0 Å². The van der Waals surface area contributed by atoms with Crippen LogP contribution < -0.4 is 5.32 Å². The Morgan fingerprint density at radius 1 is 1.40 bits per heavy atom. The molecule has 0 aromatic carbocycles. The molecule has 0 aliphatic carbocycles. The normalized spacial score (nSPS) is 18.8. The van der Waals surface area contributed by atoms with Gasteiger partial charge in [-0.1, -0.05) is 6.07 Å². The molecule has 1 aliphatic heterocycles. The van der Waals surface area contributed by atoms with Gasteiger partial charge in [-0.05, 0) is 59.2 Å². The number of nitriles is 1. The van der Waals surface area contributed by atoms with Gasteiger partial charge in [0, 0.05) is 12.1 Å². The number of aromatic nitrogens is 1. The Kier molecular flexibility index (Phi) is 4.58. The first-order valence-electron chi connectivity index (χ1n) is 7.03. The molecule has 108 valence electrons. The molecule has 0 spiro atoms. The van der Waals surface area contributed by atoms with Crippen molar-refractivity contribution >= 4 is 5.82 Å². The molecule has 0 radical (unpaired) electrons. The van der Waals surface area contributed by atoms with Crippen LogP contribution in [0, 0.1) is 11.3 Å². The van der Waals surface area contributed by atoms with Crippen LogP contribution >= 0.6 is 0 Å². The van der Waals surface area contributed by atoms with Crippen LogP contribution in [0.5, 0.6) is 0 Å². The lowest BCUT2D eigenvalue weighted by Crippen LogP contribution is -2.55. The van der Waals surface area contributed by atoms with E-state index in [-0.39, 0.29) is 5.54 Å². The molecule has 0 atom stereocenters. The first-order chi connectivity index (χ1) is 9.55. The van der Waals surface area contributed by atoms with Crippen molar-refractivity contribution in [2.45, 2.75) is 18.4 Å². The zero-order valence-corrected chi connectivity index (χ0v) is 12.6. The molecule has 1 aromatic rings. The Morgan fingerprint density at radius 2 is 2.10 bits per heavy atom. The third-order valence-corrected chi connectivity index (χ3v) is 4.33. The van der Waals surface area contributed by atoms with E-state index in [1.165, 1.54) is 0 Å². The highest BCUT2D eigenvalue weighted by Crippen LogP contribution is 2.26. The average molecular weight is 273 g/mol. The molecule has 0 bridgehead atoms. The Balaban J connectivity index is 2.04. The second kappa shape index (κ2) is 6.21. The van der Waals surface area contributed by atoms with E-state index in [2.05, 4.69) is 47.3 Å². The van der Waals surface area contributed by atoms with E-state index in [1.54, 1.807) is 6.07 Å². The third-order valence-electron chi connectivity index (χ3n) is 4.33. The maximum Gasteiger partial charge on any atom is 0.142 e. The Bertz CT molecular complexity index is 483. The monoisotopic (exact) mass is 273 g/mol. The Morgan fingerprint density at radius 3 is 2.70 bits per heavy atom. The van der Waals surface area contributed by atoms with Crippen LogP contribution in [0.3, 0.4) is 0 Å². The lowest BCUT2D eigenvalue weighted by molar-refractivity contribution is 0.0773. The van der Waals surface area contributed by atoms with E-state index in [0.717, 1.165) is 38.3 Å². The summed E-state index contributed by atoms with van der Waals surface area (Å²) in [6.07, 6.45) is 2.28. The van der Waals surface area contributed by atoms with Crippen LogP contribution in [-0.2, 0) is 0 Å². The summed E-state index contributed by atoms with van der Waals surface area (Å²) >= 11 is 0. The van der Waals surface area contributed by atoms with E-state index in [4.69, 9.17) is 5.26 Å². The van der Waals surface area contributed by atoms with Gasteiger partial charge in [-0.3, -0.25) is 0 Å². The number of likely N-dealkylation sites (tertiary alicyclic amines) is 1. The van der Waals surface area contributed by atoms with E-state index >= 15 is 0 Å². The number of piperidine rings is 1. The first-order valence-corrected chi connectivity index (χ1v) is 7.03. The molecule has 2 heterocycles. The maximum atomic E-state index is 8.89. The lowest BCUT2D eigenvalue weighted by Gasteiger charge is -2.45. The van der Waals surface area contributed by atoms with Crippen LogP contribution in [0.1, 0.15) is 18.5 Å². The van der Waals surface area contributed by atoms with Gasteiger partial charge < -0.3 is 15.1 Å². The molecule has 1 aliphatic rings. The summed E-state index contributed by atoms with van der Waals surface area (Å²) in [5, 5.41) is 12.3. The number of likely N-dealkylation sites (N-methyl/N-ethyl adjacent to an activating group) is 1. The van der Waals surface area contributed by atoms with Crippen LogP contribution in [0.15, 0.2) is 18.2 Å². The number of nitrogens with zero attached hydrogens (tertiary/aromatic N) is 4. The third kappa shape index (κ3) is 3.27. The molecule has 5 nitrogen and oxygen atoms in total. The number of nitrogens with one attached hydrogen (secondary N) is 1. The molecule has 1 fully saturated rings. The average Bonchev–Trinajstić information content (AvgIpc) is 2.47. The van der Waals surface area contributed by atoms with E-state index in [1.807, 2.05) is 12.1 Å². The predicted molar refractivity (Wildman–Crippen MR) is 80.6 cm³/mol. The van der Waals surface area contributed by atoms with Gasteiger partial charge in [0.1, 0.15) is 17.6 Å². The molecular formula is C15H23N5. The molecular weight excluding hydrogens is 250 g/mol. The highest BCUT2D eigenvalue weighted by atomic mass is 15.2. The zero-order chi connectivity index (χ0) is 14.6. The molecule has 20 heavy (non-hydrogen) atoms. The van der Waals surface area contributed by atoms with Gasteiger partial charge in [0.25, 0.3) is 0 Å². The second-order valence-corrected chi connectivity index (χ2v) is 5.80. The lowest BCUT2D eigenvalue weighted by atomic mass is 9.86. The van der Waals surface area contributed by atoms with Gasteiger partial charge in [-0.15, -0.1) is 0 Å². The fraction of sp³-hybridized carbons (Fsp3) is 0.600.